The molecule has 174 valence electrons. The molecule has 2 aliphatic carbocycles. The van der Waals surface area contributed by atoms with Gasteiger partial charge >= 0.3 is 0 Å². The summed E-state index contributed by atoms with van der Waals surface area (Å²) in [6.07, 6.45) is 14.1. The van der Waals surface area contributed by atoms with Crippen LogP contribution in [-0.4, -0.2) is 24.5 Å². The summed E-state index contributed by atoms with van der Waals surface area (Å²) in [5.74, 6) is 2.22. The third kappa shape index (κ3) is 5.83. The maximum atomic E-state index is 10.9. The predicted octanol–water partition coefficient (Wildman–Crippen LogP) is 6.86. The highest BCUT2D eigenvalue weighted by atomic mass is 32.1. The fraction of sp³-hybridized carbons (Fsp3) is 0.429. The van der Waals surface area contributed by atoms with E-state index in [1.54, 1.807) is 11.3 Å². The highest BCUT2D eigenvalue weighted by molar-refractivity contribution is 7.13. The third-order valence-corrected chi connectivity index (χ3v) is 7.22. The van der Waals surface area contributed by atoms with Gasteiger partial charge in [-0.2, -0.15) is 0 Å². The van der Waals surface area contributed by atoms with Crippen LogP contribution in [0, 0.1) is 5.92 Å². The van der Waals surface area contributed by atoms with Crippen molar-refractivity contribution in [3.8, 4) is 16.3 Å². The minimum atomic E-state index is 0.378. The number of rotatable bonds is 11. The van der Waals surface area contributed by atoms with E-state index < -0.39 is 0 Å². The van der Waals surface area contributed by atoms with Crippen LogP contribution in [0.25, 0.3) is 10.6 Å². The van der Waals surface area contributed by atoms with E-state index in [0.717, 1.165) is 72.6 Å². The van der Waals surface area contributed by atoms with Crippen LogP contribution in [0.5, 0.6) is 5.75 Å². The average Bonchev–Trinajstić information content (AvgIpc) is 3.40. The summed E-state index contributed by atoms with van der Waals surface area (Å²) in [4.78, 5) is 15.7. The molecule has 0 bridgehead atoms. The number of ether oxygens (including phenoxy) is 2. The number of carbonyl (C=O) groups is 1. The van der Waals surface area contributed by atoms with Gasteiger partial charge in [0.25, 0.3) is 0 Å². The van der Waals surface area contributed by atoms with Crippen LogP contribution in [0.3, 0.4) is 0 Å². The van der Waals surface area contributed by atoms with Crippen molar-refractivity contribution in [2.45, 2.75) is 58.8 Å². The minimum absolute atomic E-state index is 0.378. The Morgan fingerprint density at radius 2 is 2.06 bits per heavy atom. The first kappa shape index (κ1) is 23.5. The van der Waals surface area contributed by atoms with E-state index in [9.17, 15) is 4.79 Å². The smallest absolute Gasteiger partial charge is 0.123 e. The van der Waals surface area contributed by atoms with Gasteiger partial charge in [-0.05, 0) is 85.1 Å². The van der Waals surface area contributed by atoms with Gasteiger partial charge in [0.05, 0.1) is 5.69 Å². The van der Waals surface area contributed by atoms with Crippen LogP contribution < -0.4 is 4.74 Å². The molecule has 0 spiro atoms. The summed E-state index contributed by atoms with van der Waals surface area (Å²) >= 11 is 1.70. The normalized spacial score (nSPS) is 17.5. The van der Waals surface area contributed by atoms with E-state index in [1.807, 2.05) is 0 Å². The largest absolute Gasteiger partial charge is 0.490 e. The Labute approximate surface area is 201 Å². The van der Waals surface area contributed by atoms with Crippen molar-refractivity contribution in [1.29, 1.82) is 0 Å². The van der Waals surface area contributed by atoms with Gasteiger partial charge in [-0.25, -0.2) is 4.98 Å². The van der Waals surface area contributed by atoms with Crippen LogP contribution in [-0.2, 0) is 22.4 Å². The second-order valence-corrected chi connectivity index (χ2v) is 9.43. The molecule has 1 aromatic heterocycles. The van der Waals surface area contributed by atoms with Crippen LogP contribution in [0.1, 0.15) is 57.2 Å². The molecule has 4 rings (SSSR count). The number of benzene rings is 1. The van der Waals surface area contributed by atoms with Crippen LogP contribution in [0.4, 0.5) is 0 Å². The van der Waals surface area contributed by atoms with Crippen molar-refractivity contribution < 1.29 is 14.3 Å². The van der Waals surface area contributed by atoms with E-state index in [-0.39, 0.29) is 0 Å². The zero-order valence-electron chi connectivity index (χ0n) is 19.6. The first-order chi connectivity index (χ1) is 16.2. The molecule has 1 atom stereocenters. The highest BCUT2D eigenvalue weighted by Crippen LogP contribution is 2.39. The molecule has 0 aliphatic heterocycles. The molecule has 0 amide bonds. The quantitative estimate of drug-likeness (QED) is 0.270. The molecule has 1 unspecified atom stereocenters. The molecule has 1 fully saturated rings. The standard InChI is InChI=1S/C28H33NO3S/c1-3-6-22-17-23(28-29-24(4-2)19-33-28)11-12-27(22)32-16-15-31-25-7-5-8-26-20(13-14-30)9-10-21(26)18-25/h7-8,11-12,14,17-20H,3-6,9-10,13,15-16H2,1-2H3. The van der Waals surface area contributed by atoms with Gasteiger partial charge in [-0.1, -0.05) is 26.3 Å². The van der Waals surface area contributed by atoms with Crippen molar-refractivity contribution in [3.05, 3.63) is 70.0 Å². The lowest BCUT2D eigenvalue weighted by Crippen LogP contribution is -2.07. The maximum Gasteiger partial charge on any atom is 0.123 e. The SMILES string of the molecule is CCCc1cc(-c2nc(CC)cs2)ccc1OCCOC1=CCC=C2C(=C1)CCC2CC=O. The van der Waals surface area contributed by atoms with E-state index in [0.29, 0.717) is 25.6 Å². The molecule has 5 heteroatoms. The van der Waals surface area contributed by atoms with E-state index in [4.69, 9.17) is 14.5 Å². The molecule has 1 saturated carbocycles. The highest BCUT2D eigenvalue weighted by Gasteiger charge is 2.25. The zero-order valence-corrected chi connectivity index (χ0v) is 20.5. The van der Waals surface area contributed by atoms with Gasteiger partial charge in [0.1, 0.15) is 36.0 Å². The second kappa shape index (κ2) is 11.5. The molecule has 4 nitrogen and oxygen atoms in total. The van der Waals surface area contributed by atoms with Crippen molar-refractivity contribution in [1.82, 2.24) is 4.98 Å². The topological polar surface area (TPSA) is 48.4 Å². The average molecular weight is 464 g/mol. The maximum absolute atomic E-state index is 10.9. The van der Waals surface area contributed by atoms with Gasteiger partial charge in [0, 0.05) is 17.4 Å². The monoisotopic (exact) mass is 463 g/mol. The number of nitrogens with zero attached hydrogens (tertiary/aromatic N) is 1. The number of fused-ring (bicyclic) bond motifs is 1. The van der Waals surface area contributed by atoms with Crippen molar-refractivity contribution >= 4 is 17.6 Å². The van der Waals surface area contributed by atoms with Gasteiger partial charge in [-0.3, -0.25) is 0 Å². The first-order valence-corrected chi connectivity index (χ1v) is 13.0. The van der Waals surface area contributed by atoms with E-state index in [2.05, 4.69) is 55.7 Å². The predicted molar refractivity (Wildman–Crippen MR) is 135 cm³/mol. The summed E-state index contributed by atoms with van der Waals surface area (Å²) in [6, 6.07) is 6.40. The van der Waals surface area contributed by atoms with Gasteiger partial charge in [0.2, 0.25) is 0 Å². The Morgan fingerprint density at radius 3 is 2.85 bits per heavy atom. The number of aryl methyl sites for hydroxylation is 2. The Bertz CT molecular complexity index is 1060. The molecule has 1 heterocycles. The van der Waals surface area contributed by atoms with Crippen LogP contribution in [0.15, 0.2) is 58.7 Å². The lowest BCUT2D eigenvalue weighted by Gasteiger charge is -2.13. The van der Waals surface area contributed by atoms with E-state index >= 15 is 0 Å². The Balaban J connectivity index is 1.34. The summed E-state index contributed by atoms with van der Waals surface area (Å²) in [5.41, 5.74) is 6.19. The summed E-state index contributed by atoms with van der Waals surface area (Å²) in [7, 11) is 0. The Kier molecular flexibility index (Phi) is 8.16. The number of thiazole rings is 1. The summed E-state index contributed by atoms with van der Waals surface area (Å²) in [6.45, 7) is 5.33. The number of allylic oxidation sites excluding steroid dienone is 5. The number of hydrogen-bond donors (Lipinski definition) is 0. The Morgan fingerprint density at radius 1 is 1.18 bits per heavy atom. The summed E-state index contributed by atoms with van der Waals surface area (Å²) < 4.78 is 12.2. The van der Waals surface area contributed by atoms with Crippen molar-refractivity contribution in [3.63, 3.8) is 0 Å². The molecule has 1 aromatic carbocycles. The van der Waals surface area contributed by atoms with Crippen LogP contribution in [0.2, 0.25) is 0 Å². The molecule has 33 heavy (non-hydrogen) atoms. The molecular weight excluding hydrogens is 430 g/mol. The molecule has 0 radical (unpaired) electrons. The lowest BCUT2D eigenvalue weighted by atomic mass is 9.97. The third-order valence-electron chi connectivity index (χ3n) is 6.28. The van der Waals surface area contributed by atoms with E-state index in [1.165, 1.54) is 16.7 Å². The number of carbonyl (C=O) groups excluding carboxylic acids is 1. The van der Waals surface area contributed by atoms with Gasteiger partial charge in [-0.15, -0.1) is 11.3 Å². The van der Waals surface area contributed by atoms with Gasteiger partial charge in [0.15, 0.2) is 0 Å². The summed E-state index contributed by atoms with van der Waals surface area (Å²) in [5, 5.41) is 3.21. The fourth-order valence-corrected chi connectivity index (χ4v) is 5.47. The minimum Gasteiger partial charge on any atom is -0.490 e. The molecule has 0 N–H and O–H groups in total. The number of hydrogen-bond acceptors (Lipinski definition) is 5. The first-order valence-electron chi connectivity index (χ1n) is 12.1. The molecular formula is C28H33NO3S. The van der Waals surface area contributed by atoms with Crippen molar-refractivity contribution in [2.75, 3.05) is 13.2 Å². The van der Waals surface area contributed by atoms with Crippen molar-refractivity contribution in [2.24, 2.45) is 5.92 Å². The molecule has 0 saturated heterocycles. The second-order valence-electron chi connectivity index (χ2n) is 8.58. The number of aromatic nitrogens is 1. The Hall–Kier alpha value is -2.66. The zero-order chi connectivity index (χ0) is 23.0. The number of aldehydes is 1. The lowest BCUT2D eigenvalue weighted by molar-refractivity contribution is -0.108. The molecule has 2 aliphatic rings. The fourth-order valence-electron chi connectivity index (χ4n) is 4.57. The van der Waals surface area contributed by atoms with Gasteiger partial charge < -0.3 is 14.3 Å². The van der Waals surface area contributed by atoms with Crippen LogP contribution >= 0.6 is 11.3 Å². The molecule has 2 aromatic rings.